The van der Waals surface area contributed by atoms with Crippen molar-refractivity contribution in [1.29, 1.82) is 0 Å². The van der Waals surface area contributed by atoms with Crippen LogP contribution in [-0.4, -0.2) is 40.5 Å². The Balaban J connectivity index is 1.76. The molecule has 5 nitrogen and oxygen atoms in total. The molecule has 2 aliphatic rings. The van der Waals surface area contributed by atoms with E-state index in [1.54, 1.807) is 18.1 Å². The maximum absolute atomic E-state index is 13.1. The Morgan fingerprint density at radius 1 is 1.17 bits per heavy atom. The molecule has 0 bridgehead atoms. The Morgan fingerprint density at radius 2 is 1.76 bits per heavy atom. The number of hydrogen-bond acceptors (Lipinski definition) is 4. The summed E-state index contributed by atoms with van der Waals surface area (Å²) >= 11 is 0. The monoisotopic (exact) mass is 393 g/mol. The van der Waals surface area contributed by atoms with Crippen LogP contribution in [0.1, 0.15) is 43.0 Å². The molecule has 4 rings (SSSR count). The van der Waals surface area contributed by atoms with Crippen molar-refractivity contribution in [1.82, 2.24) is 4.90 Å². The van der Waals surface area contributed by atoms with E-state index in [2.05, 4.69) is 6.58 Å². The number of aliphatic hydroxyl groups is 1. The highest BCUT2D eigenvalue weighted by atomic mass is 16.6. The predicted molar refractivity (Wildman–Crippen MR) is 110 cm³/mol. The lowest BCUT2D eigenvalue weighted by Crippen LogP contribution is -2.76. The molecule has 29 heavy (non-hydrogen) atoms. The van der Waals surface area contributed by atoms with Crippen molar-refractivity contribution in [2.45, 2.75) is 49.2 Å². The van der Waals surface area contributed by atoms with Gasteiger partial charge in [-0.15, -0.1) is 6.58 Å². The van der Waals surface area contributed by atoms with E-state index in [0.29, 0.717) is 12.8 Å². The zero-order chi connectivity index (χ0) is 20.6. The van der Waals surface area contributed by atoms with Crippen molar-refractivity contribution < 1.29 is 19.4 Å². The van der Waals surface area contributed by atoms with Gasteiger partial charge < -0.3 is 14.6 Å². The number of rotatable bonds is 6. The minimum atomic E-state index is -1.07. The number of cyclic esters (lactones) is 1. The second-order valence-electron chi connectivity index (χ2n) is 8.03. The number of nitrogens with zero attached hydrogens (tertiary/aromatic N) is 1. The molecule has 5 heteroatoms. The fourth-order valence-corrected chi connectivity index (χ4v) is 4.80. The molecule has 0 spiro atoms. The number of methoxy groups -OCH3 is 1. The summed E-state index contributed by atoms with van der Waals surface area (Å²) in [5, 5.41) is 11.1. The largest absolute Gasteiger partial charge is 0.439 e. The highest BCUT2D eigenvalue weighted by Gasteiger charge is 2.67. The maximum Gasteiger partial charge on any atom is 0.411 e. The lowest BCUT2D eigenvalue weighted by atomic mass is 9.59. The highest BCUT2D eigenvalue weighted by molar-refractivity contribution is 5.73. The number of hydrogen-bond donors (Lipinski definition) is 1. The standard InChI is InChI=1S/C24H27NO4/c1-4-15-24(27)16-19(23(24,2)28-3)25-20(17-11-7-5-8-12-17)21(29-22(25)26)18-13-9-6-10-14-18/h4-14,19-21,27H,1,15-16H2,2-3H3/t19-,20+,21-,23+,24+/m0/s1. The van der Waals surface area contributed by atoms with Crippen molar-refractivity contribution >= 4 is 6.09 Å². The molecule has 1 saturated carbocycles. The second-order valence-corrected chi connectivity index (χ2v) is 8.03. The molecule has 152 valence electrons. The molecule has 2 aromatic rings. The SMILES string of the molecule is C=CC[C@@]1(O)C[C@H](N2C(=O)O[C@@H](c3ccccc3)[C@H]2c2ccccc2)[C@@]1(C)OC. The highest BCUT2D eigenvalue weighted by Crippen LogP contribution is 2.55. The second kappa shape index (κ2) is 7.32. The topological polar surface area (TPSA) is 59.0 Å². The smallest absolute Gasteiger partial charge is 0.411 e. The first-order valence-corrected chi connectivity index (χ1v) is 9.92. The number of benzene rings is 2. The zero-order valence-corrected chi connectivity index (χ0v) is 16.8. The van der Waals surface area contributed by atoms with Gasteiger partial charge in [-0.2, -0.15) is 0 Å². The molecule has 5 atom stereocenters. The van der Waals surface area contributed by atoms with Gasteiger partial charge in [0, 0.05) is 13.5 Å². The van der Waals surface area contributed by atoms with Crippen LogP contribution in [0.2, 0.25) is 0 Å². The summed E-state index contributed by atoms with van der Waals surface area (Å²) in [6.07, 6.45) is 1.68. The first kappa shape index (κ1) is 19.7. The van der Waals surface area contributed by atoms with Crippen LogP contribution in [0.15, 0.2) is 73.3 Å². The van der Waals surface area contributed by atoms with Gasteiger partial charge in [-0.1, -0.05) is 66.7 Å². The summed E-state index contributed by atoms with van der Waals surface area (Å²) in [4.78, 5) is 14.9. The first-order chi connectivity index (χ1) is 13.9. The summed E-state index contributed by atoms with van der Waals surface area (Å²) < 4.78 is 11.7. The van der Waals surface area contributed by atoms with E-state index in [-0.39, 0.29) is 18.2 Å². The molecule has 1 heterocycles. The van der Waals surface area contributed by atoms with Gasteiger partial charge in [0.25, 0.3) is 0 Å². The molecule has 1 aliphatic heterocycles. The number of carbonyl (C=O) groups excluding carboxylic acids is 1. The molecule has 2 aromatic carbocycles. The third kappa shape index (κ3) is 2.96. The van der Waals surface area contributed by atoms with E-state index in [9.17, 15) is 9.90 Å². The van der Waals surface area contributed by atoms with Gasteiger partial charge in [0.2, 0.25) is 0 Å². The molecule has 0 aromatic heterocycles. The van der Waals surface area contributed by atoms with Gasteiger partial charge >= 0.3 is 6.09 Å². The molecule has 1 N–H and O–H groups in total. The maximum atomic E-state index is 13.1. The lowest BCUT2D eigenvalue weighted by Gasteiger charge is -2.61. The molecule has 0 radical (unpaired) electrons. The first-order valence-electron chi connectivity index (χ1n) is 9.92. The molecule has 1 aliphatic carbocycles. The predicted octanol–water partition coefficient (Wildman–Crippen LogP) is 4.41. The summed E-state index contributed by atoms with van der Waals surface area (Å²) in [5.74, 6) is 0. The van der Waals surface area contributed by atoms with Gasteiger partial charge in [0.05, 0.1) is 6.04 Å². The van der Waals surface area contributed by atoms with Crippen LogP contribution < -0.4 is 0 Å². The van der Waals surface area contributed by atoms with Crippen LogP contribution in [0.25, 0.3) is 0 Å². The molecular formula is C24H27NO4. The van der Waals surface area contributed by atoms with Crippen molar-refractivity contribution in [3.05, 3.63) is 84.4 Å². The summed E-state index contributed by atoms with van der Waals surface area (Å²) in [7, 11) is 1.58. The average Bonchev–Trinajstić information content (AvgIpc) is 3.09. The normalized spacial score (nSPS) is 33.8. The van der Waals surface area contributed by atoms with E-state index < -0.39 is 17.3 Å². The average molecular weight is 393 g/mol. The Morgan fingerprint density at radius 3 is 2.31 bits per heavy atom. The van der Waals surface area contributed by atoms with Crippen molar-refractivity contribution in [2.75, 3.05) is 7.11 Å². The van der Waals surface area contributed by atoms with E-state index in [0.717, 1.165) is 11.1 Å². The van der Waals surface area contributed by atoms with Crippen molar-refractivity contribution in [2.24, 2.45) is 0 Å². The van der Waals surface area contributed by atoms with Crippen LogP contribution in [0.5, 0.6) is 0 Å². The van der Waals surface area contributed by atoms with Gasteiger partial charge in [0.15, 0.2) is 6.10 Å². The molecule has 1 amide bonds. The van der Waals surface area contributed by atoms with Crippen molar-refractivity contribution in [3.8, 4) is 0 Å². The third-order valence-corrected chi connectivity index (χ3v) is 6.63. The Labute approximate surface area is 171 Å². The van der Waals surface area contributed by atoms with E-state index in [4.69, 9.17) is 9.47 Å². The van der Waals surface area contributed by atoms with E-state index in [1.165, 1.54) is 0 Å². The van der Waals surface area contributed by atoms with Crippen LogP contribution in [0, 0.1) is 0 Å². The van der Waals surface area contributed by atoms with Crippen LogP contribution in [-0.2, 0) is 9.47 Å². The summed E-state index contributed by atoms with van der Waals surface area (Å²) in [6, 6.07) is 19.0. The number of amides is 1. The Bertz CT molecular complexity index is 886. The minimum absolute atomic E-state index is 0.307. The Hall–Kier alpha value is -2.63. The lowest BCUT2D eigenvalue weighted by molar-refractivity contribution is -0.263. The minimum Gasteiger partial charge on any atom is -0.439 e. The van der Waals surface area contributed by atoms with E-state index in [1.807, 2.05) is 67.6 Å². The number of carbonyl (C=O) groups is 1. The van der Waals surface area contributed by atoms with Crippen LogP contribution in [0.3, 0.4) is 0 Å². The van der Waals surface area contributed by atoms with Crippen molar-refractivity contribution in [3.63, 3.8) is 0 Å². The third-order valence-electron chi connectivity index (χ3n) is 6.63. The van der Waals surface area contributed by atoms with Gasteiger partial charge in [-0.3, -0.25) is 4.90 Å². The van der Waals surface area contributed by atoms with Gasteiger partial charge in [-0.25, -0.2) is 4.79 Å². The fraction of sp³-hybridized carbons (Fsp3) is 0.375. The molecule has 1 saturated heterocycles. The number of ether oxygens (including phenoxy) is 2. The summed E-state index contributed by atoms with van der Waals surface area (Å²) in [5.41, 5.74) is -0.0545. The van der Waals surface area contributed by atoms with Crippen LogP contribution >= 0.6 is 0 Å². The quantitative estimate of drug-likeness (QED) is 0.739. The Kier molecular flexibility index (Phi) is 4.97. The van der Waals surface area contributed by atoms with Crippen LogP contribution in [0.4, 0.5) is 4.79 Å². The van der Waals surface area contributed by atoms with Gasteiger partial charge in [-0.05, 0) is 24.5 Å². The molecular weight excluding hydrogens is 366 g/mol. The van der Waals surface area contributed by atoms with Gasteiger partial charge in [0.1, 0.15) is 17.2 Å². The van der Waals surface area contributed by atoms with E-state index >= 15 is 0 Å². The zero-order valence-electron chi connectivity index (χ0n) is 16.8. The molecule has 0 unspecified atom stereocenters. The molecule has 2 fully saturated rings. The fourth-order valence-electron chi connectivity index (χ4n) is 4.80. The summed E-state index contributed by atoms with van der Waals surface area (Å²) in [6.45, 7) is 5.62.